The molecule has 0 unspecified atom stereocenters. The van der Waals surface area contributed by atoms with Gasteiger partial charge in [-0.1, -0.05) is 24.3 Å². The largest absolute Gasteiger partial charge is 0.288 e. The minimum Gasteiger partial charge on any atom is -0.288 e. The molecule has 0 spiro atoms. The summed E-state index contributed by atoms with van der Waals surface area (Å²) in [4.78, 5) is 12.3. The zero-order valence-corrected chi connectivity index (χ0v) is 11.1. The van der Waals surface area contributed by atoms with E-state index in [1.54, 1.807) is 19.1 Å². The molecule has 2 aromatic rings. The Morgan fingerprint density at radius 2 is 1.53 bits per heavy atom. The summed E-state index contributed by atoms with van der Waals surface area (Å²) in [6.45, 7) is 5.13. The van der Waals surface area contributed by atoms with E-state index < -0.39 is 17.4 Å². The molecule has 0 atom stereocenters. The highest BCUT2D eigenvalue weighted by atomic mass is 19.2. The number of rotatable bonds is 2. The lowest BCUT2D eigenvalue weighted by atomic mass is 9.95. The average molecular weight is 260 g/mol. The fraction of sp³-hybridized carbons (Fsp3) is 0.188. The third-order valence-corrected chi connectivity index (χ3v) is 3.37. The highest BCUT2D eigenvalue weighted by molar-refractivity contribution is 6.10. The Bertz CT molecular complexity index is 660. The van der Waals surface area contributed by atoms with Crippen molar-refractivity contribution in [2.75, 3.05) is 0 Å². The van der Waals surface area contributed by atoms with Crippen LogP contribution in [0, 0.1) is 32.4 Å². The normalized spacial score (nSPS) is 10.6. The summed E-state index contributed by atoms with van der Waals surface area (Å²) in [6.07, 6.45) is 0. The second-order valence-corrected chi connectivity index (χ2v) is 4.63. The van der Waals surface area contributed by atoms with Crippen LogP contribution in [-0.4, -0.2) is 5.78 Å². The molecule has 0 aromatic heterocycles. The van der Waals surface area contributed by atoms with Crippen molar-refractivity contribution in [1.82, 2.24) is 0 Å². The van der Waals surface area contributed by atoms with E-state index in [1.165, 1.54) is 19.1 Å². The van der Waals surface area contributed by atoms with Gasteiger partial charge in [-0.05, 0) is 43.5 Å². The topological polar surface area (TPSA) is 17.1 Å². The summed E-state index contributed by atoms with van der Waals surface area (Å²) >= 11 is 0. The van der Waals surface area contributed by atoms with Gasteiger partial charge in [0.25, 0.3) is 0 Å². The summed E-state index contributed by atoms with van der Waals surface area (Å²) in [5.74, 6) is -2.53. The van der Waals surface area contributed by atoms with Crippen molar-refractivity contribution < 1.29 is 13.6 Å². The Balaban J connectivity index is 2.57. The van der Waals surface area contributed by atoms with E-state index in [0.717, 1.165) is 11.1 Å². The molecule has 0 aliphatic carbocycles. The first-order valence-corrected chi connectivity index (χ1v) is 5.99. The summed E-state index contributed by atoms with van der Waals surface area (Å²) in [6, 6.07) is 7.98. The van der Waals surface area contributed by atoms with E-state index in [-0.39, 0.29) is 11.1 Å². The van der Waals surface area contributed by atoms with Crippen LogP contribution in [0.3, 0.4) is 0 Å². The molecule has 0 amide bonds. The fourth-order valence-electron chi connectivity index (χ4n) is 1.96. The van der Waals surface area contributed by atoms with E-state index in [1.807, 2.05) is 13.0 Å². The second-order valence-electron chi connectivity index (χ2n) is 4.63. The predicted molar refractivity (Wildman–Crippen MR) is 70.4 cm³/mol. The molecule has 3 heteroatoms. The van der Waals surface area contributed by atoms with Gasteiger partial charge in [0.05, 0.1) is 5.56 Å². The van der Waals surface area contributed by atoms with Crippen molar-refractivity contribution in [3.05, 3.63) is 69.8 Å². The summed E-state index contributed by atoms with van der Waals surface area (Å²) in [5, 5.41) is 0. The summed E-state index contributed by atoms with van der Waals surface area (Å²) in [5.41, 5.74) is 2.10. The van der Waals surface area contributed by atoms with Gasteiger partial charge in [-0.3, -0.25) is 4.79 Å². The number of hydrogen-bond acceptors (Lipinski definition) is 1. The molecule has 2 aromatic carbocycles. The van der Waals surface area contributed by atoms with Gasteiger partial charge in [0.15, 0.2) is 17.4 Å². The van der Waals surface area contributed by atoms with Gasteiger partial charge in [-0.25, -0.2) is 8.78 Å². The van der Waals surface area contributed by atoms with E-state index in [0.29, 0.717) is 5.56 Å². The zero-order valence-electron chi connectivity index (χ0n) is 11.1. The van der Waals surface area contributed by atoms with Gasteiger partial charge < -0.3 is 0 Å². The molecule has 2 rings (SSSR count). The Labute approximate surface area is 110 Å². The van der Waals surface area contributed by atoms with Crippen LogP contribution >= 0.6 is 0 Å². The van der Waals surface area contributed by atoms with Gasteiger partial charge in [0.2, 0.25) is 0 Å². The SMILES string of the molecule is Cc1cccc(C(=O)c2ccc(C)c(F)c2F)c1C. The van der Waals surface area contributed by atoms with E-state index in [9.17, 15) is 13.6 Å². The van der Waals surface area contributed by atoms with Crippen LogP contribution in [-0.2, 0) is 0 Å². The number of benzene rings is 2. The summed E-state index contributed by atoms with van der Waals surface area (Å²) in [7, 11) is 0. The molecule has 0 radical (unpaired) electrons. The Morgan fingerprint density at radius 3 is 2.21 bits per heavy atom. The molecular formula is C16H14F2O. The van der Waals surface area contributed by atoms with Crippen molar-refractivity contribution >= 4 is 5.78 Å². The fourth-order valence-corrected chi connectivity index (χ4v) is 1.96. The first-order chi connectivity index (χ1) is 8.93. The summed E-state index contributed by atoms with van der Waals surface area (Å²) < 4.78 is 27.4. The van der Waals surface area contributed by atoms with E-state index >= 15 is 0 Å². The van der Waals surface area contributed by atoms with E-state index in [4.69, 9.17) is 0 Å². The number of aryl methyl sites for hydroxylation is 2. The lowest BCUT2D eigenvalue weighted by Gasteiger charge is -2.09. The number of hydrogen-bond donors (Lipinski definition) is 0. The molecule has 19 heavy (non-hydrogen) atoms. The molecule has 0 saturated carbocycles. The highest BCUT2D eigenvalue weighted by Gasteiger charge is 2.20. The maximum Gasteiger partial charge on any atom is 0.196 e. The molecule has 0 heterocycles. The van der Waals surface area contributed by atoms with Crippen molar-refractivity contribution in [2.45, 2.75) is 20.8 Å². The Morgan fingerprint density at radius 1 is 0.842 bits per heavy atom. The lowest BCUT2D eigenvalue weighted by molar-refractivity contribution is 0.103. The van der Waals surface area contributed by atoms with Crippen LogP contribution < -0.4 is 0 Å². The Hall–Kier alpha value is -2.03. The first kappa shape index (κ1) is 13.4. The van der Waals surface area contributed by atoms with Crippen LogP contribution in [0.1, 0.15) is 32.6 Å². The molecular weight excluding hydrogens is 246 g/mol. The minimum absolute atomic E-state index is 0.190. The lowest BCUT2D eigenvalue weighted by Crippen LogP contribution is -2.09. The maximum absolute atomic E-state index is 13.8. The van der Waals surface area contributed by atoms with Crippen LogP contribution in [0.2, 0.25) is 0 Å². The average Bonchev–Trinajstić information content (AvgIpc) is 2.39. The Kier molecular flexibility index (Phi) is 3.47. The first-order valence-electron chi connectivity index (χ1n) is 5.99. The molecule has 0 saturated heterocycles. The molecule has 0 N–H and O–H groups in total. The maximum atomic E-state index is 13.8. The highest BCUT2D eigenvalue weighted by Crippen LogP contribution is 2.21. The van der Waals surface area contributed by atoms with Crippen LogP contribution in [0.15, 0.2) is 30.3 Å². The van der Waals surface area contributed by atoms with Crippen LogP contribution in [0.25, 0.3) is 0 Å². The number of ketones is 1. The van der Waals surface area contributed by atoms with Gasteiger partial charge >= 0.3 is 0 Å². The van der Waals surface area contributed by atoms with Gasteiger partial charge in [-0.2, -0.15) is 0 Å². The molecule has 0 aliphatic rings. The molecule has 1 nitrogen and oxygen atoms in total. The second kappa shape index (κ2) is 4.92. The minimum atomic E-state index is -1.08. The van der Waals surface area contributed by atoms with Crippen molar-refractivity contribution in [2.24, 2.45) is 0 Å². The molecule has 0 bridgehead atoms. The van der Waals surface area contributed by atoms with Gasteiger partial charge in [-0.15, -0.1) is 0 Å². The predicted octanol–water partition coefficient (Wildman–Crippen LogP) is 4.12. The van der Waals surface area contributed by atoms with Crippen molar-refractivity contribution in [3.63, 3.8) is 0 Å². The number of carbonyl (C=O) groups is 1. The number of carbonyl (C=O) groups excluding carboxylic acids is 1. The van der Waals surface area contributed by atoms with E-state index in [2.05, 4.69) is 0 Å². The van der Waals surface area contributed by atoms with Gasteiger partial charge in [0, 0.05) is 5.56 Å². The third-order valence-electron chi connectivity index (χ3n) is 3.37. The van der Waals surface area contributed by atoms with Crippen molar-refractivity contribution in [1.29, 1.82) is 0 Å². The van der Waals surface area contributed by atoms with Crippen LogP contribution in [0.5, 0.6) is 0 Å². The van der Waals surface area contributed by atoms with Crippen molar-refractivity contribution in [3.8, 4) is 0 Å². The smallest absolute Gasteiger partial charge is 0.196 e. The molecule has 98 valence electrons. The quantitative estimate of drug-likeness (QED) is 0.742. The molecule has 0 fully saturated rings. The zero-order chi connectivity index (χ0) is 14.2. The monoisotopic (exact) mass is 260 g/mol. The van der Waals surface area contributed by atoms with Gasteiger partial charge in [0.1, 0.15) is 0 Å². The third kappa shape index (κ3) is 2.28. The van der Waals surface area contributed by atoms with Crippen LogP contribution in [0.4, 0.5) is 8.78 Å². The number of halogens is 2. The standard InChI is InChI=1S/C16H14F2O/c1-9-5-4-6-12(11(9)3)16(19)13-8-7-10(2)14(17)15(13)18/h4-8H,1-3H3. The molecule has 0 aliphatic heterocycles.